The number of anilines is 2. The molecule has 164 valence electrons. The van der Waals surface area contributed by atoms with E-state index >= 15 is 0 Å². The fourth-order valence-electron chi connectivity index (χ4n) is 4.10. The third kappa shape index (κ3) is 4.98. The van der Waals surface area contributed by atoms with Crippen LogP contribution in [0.15, 0.2) is 84.9 Å². The highest BCUT2D eigenvalue weighted by atomic mass is 16.2. The number of nitrogens with two attached hydrogens (primary N) is 1. The minimum atomic E-state index is -0.539. The number of amides is 2. The largest absolute Gasteiger partial charge is 0.369 e. The summed E-state index contributed by atoms with van der Waals surface area (Å²) < 4.78 is 0. The summed E-state index contributed by atoms with van der Waals surface area (Å²) in [5.74, 6) is -0.676. The Hall–Kier alpha value is -3.64. The molecule has 6 nitrogen and oxygen atoms in total. The normalized spacial score (nSPS) is 14.2. The predicted octanol–water partition coefficient (Wildman–Crippen LogP) is 3.25. The molecule has 2 N–H and O–H groups in total. The van der Waals surface area contributed by atoms with Crippen molar-refractivity contribution in [2.75, 3.05) is 49.1 Å². The molecule has 0 aliphatic carbocycles. The maximum atomic E-state index is 13.4. The van der Waals surface area contributed by atoms with E-state index in [-0.39, 0.29) is 5.91 Å². The lowest BCUT2D eigenvalue weighted by Crippen LogP contribution is -2.49. The third-order valence-electron chi connectivity index (χ3n) is 5.86. The van der Waals surface area contributed by atoms with Crippen LogP contribution in [0.1, 0.15) is 20.7 Å². The Morgan fingerprint density at radius 3 is 2.03 bits per heavy atom. The standard InChI is InChI=1S/C26H28N4O2/c27-25(31)23-13-7-8-14-24(23)30(26(32)21-9-3-1-4-10-21)20-17-28-15-18-29(19-16-28)22-11-5-2-6-12-22/h1-14H,15-20H2,(H2,27,31). The quantitative estimate of drug-likeness (QED) is 0.627. The molecule has 0 atom stereocenters. The SMILES string of the molecule is NC(=O)c1ccccc1N(CCN1CCN(c2ccccc2)CC1)C(=O)c1ccccc1. The van der Waals surface area contributed by atoms with Gasteiger partial charge >= 0.3 is 0 Å². The van der Waals surface area contributed by atoms with Crippen LogP contribution in [0.3, 0.4) is 0 Å². The summed E-state index contributed by atoms with van der Waals surface area (Å²) >= 11 is 0. The van der Waals surface area contributed by atoms with Crippen LogP contribution in [0.5, 0.6) is 0 Å². The number of piperazine rings is 1. The van der Waals surface area contributed by atoms with Crippen molar-refractivity contribution in [3.05, 3.63) is 96.1 Å². The molecule has 0 unspecified atom stereocenters. The number of hydrogen-bond donors (Lipinski definition) is 1. The van der Waals surface area contributed by atoms with E-state index in [2.05, 4.69) is 34.1 Å². The van der Waals surface area contributed by atoms with Gasteiger partial charge in [-0.3, -0.25) is 14.5 Å². The lowest BCUT2D eigenvalue weighted by atomic mass is 10.1. The minimum Gasteiger partial charge on any atom is -0.369 e. The molecule has 1 aliphatic rings. The van der Waals surface area contributed by atoms with Crippen LogP contribution in [0.4, 0.5) is 11.4 Å². The number of rotatable bonds is 7. The molecule has 0 bridgehead atoms. The molecule has 2 amide bonds. The van der Waals surface area contributed by atoms with Crippen LogP contribution in [-0.4, -0.2) is 56.0 Å². The second kappa shape index (κ2) is 10.1. The smallest absolute Gasteiger partial charge is 0.258 e. The second-order valence-corrected chi connectivity index (χ2v) is 7.87. The van der Waals surface area contributed by atoms with Gasteiger partial charge in [-0.05, 0) is 36.4 Å². The highest BCUT2D eigenvalue weighted by molar-refractivity contribution is 6.10. The number of nitrogens with zero attached hydrogens (tertiary/aromatic N) is 3. The fourth-order valence-corrected chi connectivity index (χ4v) is 4.10. The lowest BCUT2D eigenvalue weighted by molar-refractivity contribution is 0.0982. The maximum Gasteiger partial charge on any atom is 0.258 e. The van der Waals surface area contributed by atoms with Gasteiger partial charge in [-0.1, -0.05) is 48.5 Å². The van der Waals surface area contributed by atoms with Crippen LogP contribution in [0.25, 0.3) is 0 Å². The van der Waals surface area contributed by atoms with E-state index in [0.29, 0.717) is 29.9 Å². The minimum absolute atomic E-state index is 0.137. The molecular formula is C26H28N4O2. The summed E-state index contributed by atoms with van der Waals surface area (Å²) in [6, 6.07) is 26.6. The lowest BCUT2D eigenvalue weighted by Gasteiger charge is -2.37. The molecule has 0 aromatic heterocycles. The number of benzene rings is 3. The monoisotopic (exact) mass is 428 g/mol. The van der Waals surface area contributed by atoms with Gasteiger partial charge in [0.05, 0.1) is 11.3 Å². The van der Waals surface area contributed by atoms with Crippen molar-refractivity contribution in [1.82, 2.24) is 4.90 Å². The summed E-state index contributed by atoms with van der Waals surface area (Å²) in [6.07, 6.45) is 0. The van der Waals surface area contributed by atoms with Crippen molar-refractivity contribution in [2.45, 2.75) is 0 Å². The summed E-state index contributed by atoms with van der Waals surface area (Å²) in [6.45, 7) is 4.90. The molecule has 3 aromatic carbocycles. The number of primary amides is 1. The van der Waals surface area contributed by atoms with Crippen molar-refractivity contribution in [3.8, 4) is 0 Å². The molecule has 0 spiro atoms. The number of carbonyl (C=O) groups excluding carboxylic acids is 2. The Balaban J connectivity index is 1.48. The second-order valence-electron chi connectivity index (χ2n) is 7.87. The molecule has 1 aliphatic heterocycles. The first-order valence-electron chi connectivity index (χ1n) is 10.9. The van der Waals surface area contributed by atoms with Crippen molar-refractivity contribution >= 4 is 23.2 Å². The zero-order valence-corrected chi connectivity index (χ0v) is 18.1. The van der Waals surface area contributed by atoms with Gasteiger partial charge in [0, 0.05) is 50.5 Å². The first-order valence-corrected chi connectivity index (χ1v) is 10.9. The topological polar surface area (TPSA) is 69.9 Å². The Kier molecular flexibility index (Phi) is 6.82. The van der Waals surface area contributed by atoms with Gasteiger partial charge in [0.2, 0.25) is 0 Å². The average Bonchev–Trinajstić information content (AvgIpc) is 2.85. The maximum absolute atomic E-state index is 13.4. The van der Waals surface area contributed by atoms with Crippen LogP contribution in [0.2, 0.25) is 0 Å². The van der Waals surface area contributed by atoms with Gasteiger partial charge in [-0.15, -0.1) is 0 Å². The molecule has 0 radical (unpaired) electrons. The van der Waals surface area contributed by atoms with Crippen LogP contribution >= 0.6 is 0 Å². The number of carbonyl (C=O) groups is 2. The zero-order valence-electron chi connectivity index (χ0n) is 18.1. The van der Waals surface area contributed by atoms with E-state index in [1.54, 1.807) is 35.2 Å². The van der Waals surface area contributed by atoms with Crippen LogP contribution in [0, 0.1) is 0 Å². The van der Waals surface area contributed by atoms with Crippen molar-refractivity contribution in [2.24, 2.45) is 5.73 Å². The molecule has 1 heterocycles. The zero-order chi connectivity index (χ0) is 22.3. The van der Waals surface area contributed by atoms with Gasteiger partial charge < -0.3 is 15.5 Å². The number of para-hydroxylation sites is 2. The molecule has 6 heteroatoms. The van der Waals surface area contributed by atoms with E-state index in [1.807, 2.05) is 30.3 Å². The molecule has 1 fully saturated rings. The van der Waals surface area contributed by atoms with E-state index in [1.165, 1.54) is 5.69 Å². The number of hydrogen-bond acceptors (Lipinski definition) is 4. The molecule has 32 heavy (non-hydrogen) atoms. The third-order valence-corrected chi connectivity index (χ3v) is 5.86. The summed E-state index contributed by atoms with van der Waals surface area (Å²) in [5.41, 5.74) is 8.34. The van der Waals surface area contributed by atoms with Gasteiger partial charge in [-0.2, -0.15) is 0 Å². The van der Waals surface area contributed by atoms with Gasteiger partial charge in [-0.25, -0.2) is 0 Å². The van der Waals surface area contributed by atoms with Crippen LogP contribution < -0.4 is 15.5 Å². The van der Waals surface area contributed by atoms with Crippen LogP contribution in [-0.2, 0) is 0 Å². The highest BCUT2D eigenvalue weighted by Gasteiger charge is 2.24. The van der Waals surface area contributed by atoms with Gasteiger partial charge in [0.1, 0.15) is 0 Å². The van der Waals surface area contributed by atoms with Gasteiger partial charge in [0.25, 0.3) is 11.8 Å². The Morgan fingerprint density at radius 1 is 0.781 bits per heavy atom. The first-order chi connectivity index (χ1) is 15.6. The summed E-state index contributed by atoms with van der Waals surface area (Å²) in [5, 5.41) is 0. The molecule has 3 aromatic rings. The van der Waals surface area contributed by atoms with Crippen molar-refractivity contribution < 1.29 is 9.59 Å². The molecule has 0 saturated carbocycles. The van der Waals surface area contributed by atoms with Crippen molar-refractivity contribution in [1.29, 1.82) is 0 Å². The summed E-state index contributed by atoms with van der Waals surface area (Å²) in [7, 11) is 0. The molecule has 4 rings (SSSR count). The average molecular weight is 429 g/mol. The first kappa shape index (κ1) is 21.6. The Morgan fingerprint density at radius 2 is 1.38 bits per heavy atom. The molecule has 1 saturated heterocycles. The van der Waals surface area contributed by atoms with E-state index in [9.17, 15) is 9.59 Å². The van der Waals surface area contributed by atoms with Gasteiger partial charge in [0.15, 0.2) is 0 Å². The highest BCUT2D eigenvalue weighted by Crippen LogP contribution is 2.23. The van der Waals surface area contributed by atoms with E-state index in [4.69, 9.17) is 5.73 Å². The Bertz CT molecular complexity index is 1050. The van der Waals surface area contributed by atoms with Crippen molar-refractivity contribution in [3.63, 3.8) is 0 Å². The fraction of sp³-hybridized carbons (Fsp3) is 0.231. The Labute approximate surface area is 188 Å². The molecular weight excluding hydrogens is 400 g/mol. The van der Waals surface area contributed by atoms with E-state index in [0.717, 1.165) is 26.2 Å². The summed E-state index contributed by atoms with van der Waals surface area (Å²) in [4.78, 5) is 31.8. The predicted molar refractivity (Wildman–Crippen MR) is 128 cm³/mol. The van der Waals surface area contributed by atoms with E-state index < -0.39 is 5.91 Å².